The topological polar surface area (TPSA) is 60.2 Å². The molecule has 3 rings (SSSR count). The van der Waals surface area contributed by atoms with Crippen molar-refractivity contribution < 1.29 is 14.3 Å². The molecule has 31 heavy (non-hydrogen) atoms. The van der Waals surface area contributed by atoms with E-state index in [2.05, 4.69) is 42.1 Å². The molecule has 0 N–H and O–H groups in total. The Morgan fingerprint density at radius 3 is 2.13 bits per heavy atom. The van der Waals surface area contributed by atoms with Crippen LogP contribution < -0.4 is 4.74 Å². The number of carbonyl (C=O) groups excluding carboxylic acids is 1. The van der Waals surface area contributed by atoms with Gasteiger partial charge in [0.1, 0.15) is 5.75 Å². The number of carbonyl (C=O) groups is 1. The Bertz CT molecular complexity index is 992. The van der Waals surface area contributed by atoms with Gasteiger partial charge >= 0.3 is 5.97 Å². The summed E-state index contributed by atoms with van der Waals surface area (Å²) in [5.74, 6) is 0.531. The van der Waals surface area contributed by atoms with Gasteiger partial charge in [0.2, 0.25) is 0 Å². The summed E-state index contributed by atoms with van der Waals surface area (Å²) in [5, 5.41) is 8.42. The molecule has 0 amide bonds. The highest BCUT2D eigenvalue weighted by Gasteiger charge is 2.14. The number of thiophene rings is 1. The second-order valence-electron chi connectivity index (χ2n) is 6.67. The zero-order valence-corrected chi connectivity index (χ0v) is 20.8. The lowest BCUT2D eigenvalue weighted by Crippen LogP contribution is -2.06. The van der Waals surface area contributed by atoms with Gasteiger partial charge in [0.15, 0.2) is 0 Å². The Kier molecular flexibility index (Phi) is 9.71. The lowest BCUT2D eigenvalue weighted by molar-refractivity contribution is 0.0497. The van der Waals surface area contributed by atoms with Crippen LogP contribution in [0.1, 0.15) is 36.0 Å². The first-order chi connectivity index (χ1) is 15.1. The molecule has 3 aromatic rings. The maximum Gasteiger partial charge on any atom is 0.340 e. The Labute approximate surface area is 202 Å². The number of halogens is 2. The first-order valence-electron chi connectivity index (χ1n) is 9.93. The molecule has 0 radical (unpaired) electrons. The quantitative estimate of drug-likeness (QED) is 0.133. The van der Waals surface area contributed by atoms with Gasteiger partial charge in [-0.1, -0.05) is 18.2 Å². The summed E-state index contributed by atoms with van der Waals surface area (Å²) in [6.07, 6.45) is 3.81. The second-order valence-corrected chi connectivity index (χ2v) is 10.4. The second kappa shape index (κ2) is 12.7. The molecule has 0 aliphatic heterocycles. The molecular formula is C23H22Br2N2O3S. The zero-order chi connectivity index (χ0) is 21.9. The number of benzene rings is 2. The van der Waals surface area contributed by atoms with E-state index in [1.54, 1.807) is 6.07 Å². The number of hydrogen-bond acceptors (Lipinski definition) is 6. The fourth-order valence-corrected chi connectivity index (χ4v) is 5.45. The lowest BCUT2D eigenvalue weighted by atomic mass is 10.2. The summed E-state index contributed by atoms with van der Waals surface area (Å²) in [5.41, 5.74) is 2.18. The SMILES string of the molecule is O=C(OCCCCCCOc1ccc(N=Nc2ccccc2)cc1)c1cc(Br)sc1Br. The van der Waals surface area contributed by atoms with Gasteiger partial charge in [0.05, 0.1) is 37.7 Å². The highest BCUT2D eigenvalue weighted by atomic mass is 79.9. The van der Waals surface area contributed by atoms with Crippen molar-refractivity contribution >= 4 is 60.5 Å². The van der Waals surface area contributed by atoms with E-state index < -0.39 is 0 Å². The van der Waals surface area contributed by atoms with Crippen LogP contribution in [0.4, 0.5) is 11.4 Å². The molecular weight excluding hydrogens is 544 g/mol. The average Bonchev–Trinajstić information content (AvgIpc) is 3.13. The summed E-state index contributed by atoms with van der Waals surface area (Å²) in [6.45, 7) is 1.08. The van der Waals surface area contributed by atoms with Crippen molar-refractivity contribution in [2.45, 2.75) is 25.7 Å². The molecule has 0 unspecified atom stereocenters. The molecule has 8 heteroatoms. The lowest BCUT2D eigenvalue weighted by Gasteiger charge is -2.07. The van der Waals surface area contributed by atoms with Gasteiger partial charge in [0.25, 0.3) is 0 Å². The number of nitrogens with zero attached hydrogens (tertiary/aromatic N) is 2. The van der Waals surface area contributed by atoms with Crippen LogP contribution in [-0.2, 0) is 4.74 Å². The summed E-state index contributed by atoms with van der Waals surface area (Å²) in [6, 6.07) is 19.0. The average molecular weight is 566 g/mol. The van der Waals surface area contributed by atoms with E-state index in [4.69, 9.17) is 9.47 Å². The van der Waals surface area contributed by atoms with Crippen molar-refractivity contribution in [3.05, 3.63) is 73.8 Å². The van der Waals surface area contributed by atoms with Crippen LogP contribution in [0.5, 0.6) is 5.75 Å². The molecule has 0 atom stereocenters. The smallest absolute Gasteiger partial charge is 0.340 e. The van der Waals surface area contributed by atoms with E-state index in [0.29, 0.717) is 18.8 Å². The summed E-state index contributed by atoms with van der Waals surface area (Å²) < 4.78 is 12.8. The van der Waals surface area contributed by atoms with Crippen LogP contribution in [0.3, 0.4) is 0 Å². The highest BCUT2D eigenvalue weighted by Crippen LogP contribution is 2.32. The molecule has 0 aliphatic rings. The molecule has 0 aliphatic carbocycles. The predicted molar refractivity (Wildman–Crippen MR) is 131 cm³/mol. The molecule has 1 aromatic heterocycles. The van der Waals surface area contributed by atoms with Gasteiger partial charge in [0, 0.05) is 0 Å². The number of rotatable bonds is 11. The van der Waals surface area contributed by atoms with E-state index >= 15 is 0 Å². The molecule has 0 saturated carbocycles. The third-order valence-electron chi connectivity index (χ3n) is 4.29. The maximum absolute atomic E-state index is 12.0. The predicted octanol–water partition coefficient (Wildman–Crippen LogP) is 8.48. The third kappa shape index (κ3) is 8.20. The van der Waals surface area contributed by atoms with Gasteiger partial charge in [-0.25, -0.2) is 4.79 Å². The number of ether oxygens (including phenoxy) is 2. The van der Waals surface area contributed by atoms with Gasteiger partial charge in [-0.3, -0.25) is 0 Å². The highest BCUT2D eigenvalue weighted by molar-refractivity contribution is 9.12. The van der Waals surface area contributed by atoms with Crippen LogP contribution in [0.25, 0.3) is 0 Å². The first-order valence-corrected chi connectivity index (χ1v) is 12.3. The minimum atomic E-state index is -0.288. The number of unbranched alkanes of at least 4 members (excludes halogenated alkanes) is 3. The standard InChI is InChI=1S/C23H22Br2N2O3S/c24-21-16-20(22(25)31-21)23(28)30-15-7-2-1-6-14-29-19-12-10-18(11-13-19)27-26-17-8-4-3-5-9-17/h3-5,8-13,16H,1-2,6-7,14-15H2. The molecule has 0 bridgehead atoms. The Morgan fingerprint density at radius 1 is 0.839 bits per heavy atom. The minimum Gasteiger partial charge on any atom is -0.494 e. The normalized spacial score (nSPS) is 11.0. The molecule has 162 valence electrons. The van der Waals surface area contributed by atoms with Crippen LogP contribution in [-0.4, -0.2) is 19.2 Å². The van der Waals surface area contributed by atoms with Gasteiger partial charge < -0.3 is 9.47 Å². The molecule has 0 fully saturated rings. The Balaban J connectivity index is 1.26. The monoisotopic (exact) mass is 564 g/mol. The summed E-state index contributed by atoms with van der Waals surface area (Å²) in [4.78, 5) is 12.0. The van der Waals surface area contributed by atoms with Crippen molar-refractivity contribution in [3.8, 4) is 5.75 Å². The Hall–Kier alpha value is -2.03. The van der Waals surface area contributed by atoms with Gasteiger partial charge in [-0.15, -0.1) is 11.3 Å². The minimum absolute atomic E-state index is 0.288. The fraction of sp³-hybridized carbons (Fsp3) is 0.261. The molecule has 0 spiro atoms. The van der Waals surface area contributed by atoms with Crippen molar-refractivity contribution in [3.63, 3.8) is 0 Å². The van der Waals surface area contributed by atoms with Crippen LogP contribution in [0.2, 0.25) is 0 Å². The largest absolute Gasteiger partial charge is 0.494 e. The van der Waals surface area contributed by atoms with Crippen molar-refractivity contribution in [1.82, 2.24) is 0 Å². The first kappa shape index (κ1) is 23.6. The number of azo groups is 1. The zero-order valence-electron chi connectivity index (χ0n) is 16.8. The Morgan fingerprint density at radius 2 is 1.48 bits per heavy atom. The van der Waals surface area contributed by atoms with E-state index in [1.807, 2.05) is 54.6 Å². The molecule has 2 aromatic carbocycles. The maximum atomic E-state index is 12.0. The van der Waals surface area contributed by atoms with Crippen molar-refractivity contribution in [2.24, 2.45) is 10.2 Å². The summed E-state index contributed by atoms with van der Waals surface area (Å²) in [7, 11) is 0. The van der Waals surface area contributed by atoms with Gasteiger partial charge in [-0.2, -0.15) is 10.2 Å². The van der Waals surface area contributed by atoms with E-state index in [1.165, 1.54) is 11.3 Å². The number of esters is 1. The van der Waals surface area contributed by atoms with E-state index in [9.17, 15) is 4.79 Å². The van der Waals surface area contributed by atoms with E-state index in [-0.39, 0.29) is 5.97 Å². The number of hydrogen-bond donors (Lipinski definition) is 0. The summed E-state index contributed by atoms with van der Waals surface area (Å²) >= 11 is 8.20. The molecule has 1 heterocycles. The van der Waals surface area contributed by atoms with E-state index in [0.717, 1.165) is 50.4 Å². The fourth-order valence-electron chi connectivity index (χ4n) is 2.69. The van der Waals surface area contributed by atoms with Crippen LogP contribution in [0, 0.1) is 0 Å². The molecule has 5 nitrogen and oxygen atoms in total. The van der Waals surface area contributed by atoms with Crippen molar-refractivity contribution in [1.29, 1.82) is 0 Å². The third-order valence-corrected chi connectivity index (χ3v) is 6.63. The van der Waals surface area contributed by atoms with Crippen LogP contribution in [0.15, 0.2) is 78.5 Å². The molecule has 0 saturated heterocycles. The van der Waals surface area contributed by atoms with Crippen molar-refractivity contribution in [2.75, 3.05) is 13.2 Å². The van der Waals surface area contributed by atoms with Gasteiger partial charge in [-0.05, 0) is 100 Å². The van der Waals surface area contributed by atoms with Crippen LogP contribution >= 0.6 is 43.2 Å².